The number of aromatic amines is 2. The SMILES string of the molecule is C=CCSc1ncn[nH]1.c1c[nH]cn1. The van der Waals surface area contributed by atoms with Crippen molar-refractivity contribution in [3.8, 4) is 0 Å². The second-order valence-corrected chi connectivity index (χ2v) is 3.16. The van der Waals surface area contributed by atoms with Crippen molar-refractivity contribution in [3.63, 3.8) is 0 Å². The molecule has 0 aromatic carbocycles. The molecule has 0 amide bonds. The van der Waals surface area contributed by atoms with Crippen LogP contribution in [0.2, 0.25) is 0 Å². The summed E-state index contributed by atoms with van der Waals surface area (Å²) in [6.07, 6.45) is 8.40. The van der Waals surface area contributed by atoms with Gasteiger partial charge in [0.25, 0.3) is 0 Å². The summed E-state index contributed by atoms with van der Waals surface area (Å²) in [7, 11) is 0. The summed E-state index contributed by atoms with van der Waals surface area (Å²) in [6.45, 7) is 3.58. The second-order valence-electron chi connectivity index (χ2n) is 2.15. The van der Waals surface area contributed by atoms with E-state index >= 15 is 0 Å². The molecule has 2 N–H and O–H groups in total. The Morgan fingerprint density at radius 3 is 2.93 bits per heavy atom. The lowest BCUT2D eigenvalue weighted by Gasteiger charge is -1.85. The second kappa shape index (κ2) is 6.90. The Balaban J connectivity index is 0.000000165. The van der Waals surface area contributed by atoms with Gasteiger partial charge in [0.15, 0.2) is 5.16 Å². The maximum absolute atomic E-state index is 3.90. The number of aromatic nitrogens is 5. The Morgan fingerprint density at radius 1 is 1.57 bits per heavy atom. The zero-order valence-electron chi connectivity index (χ0n) is 7.55. The van der Waals surface area contributed by atoms with Gasteiger partial charge in [-0.2, -0.15) is 5.10 Å². The van der Waals surface area contributed by atoms with E-state index in [2.05, 4.69) is 31.7 Å². The number of rotatable bonds is 3. The smallest absolute Gasteiger partial charge is 0.183 e. The quantitative estimate of drug-likeness (QED) is 0.593. The molecule has 0 atom stereocenters. The molecule has 2 heterocycles. The molecule has 74 valence electrons. The Labute approximate surface area is 86.1 Å². The topological polar surface area (TPSA) is 70.2 Å². The lowest BCUT2D eigenvalue weighted by molar-refractivity contribution is 0.975. The molecule has 0 saturated carbocycles. The van der Waals surface area contributed by atoms with E-state index in [1.54, 1.807) is 30.5 Å². The minimum Gasteiger partial charge on any atom is -0.351 e. The Kier molecular flexibility index (Phi) is 5.19. The first-order valence-electron chi connectivity index (χ1n) is 3.95. The number of hydrogen-bond donors (Lipinski definition) is 2. The molecule has 0 bridgehead atoms. The third-order valence-electron chi connectivity index (χ3n) is 1.14. The fourth-order valence-electron chi connectivity index (χ4n) is 0.617. The minimum atomic E-state index is 0.843. The third-order valence-corrected chi connectivity index (χ3v) is 2.01. The highest BCUT2D eigenvalue weighted by Gasteiger charge is 1.90. The van der Waals surface area contributed by atoms with Crippen LogP contribution in [0.25, 0.3) is 0 Å². The molecule has 0 aliphatic rings. The van der Waals surface area contributed by atoms with Crippen molar-refractivity contribution in [3.05, 3.63) is 37.7 Å². The standard InChI is InChI=1S/C5H7N3S.C3H4N2/c1-2-3-9-5-6-4-7-8-5;1-2-5-3-4-1/h2,4H,1,3H2,(H,6,7,8);1-3H,(H,4,5). The van der Waals surface area contributed by atoms with E-state index < -0.39 is 0 Å². The van der Waals surface area contributed by atoms with Crippen LogP contribution in [-0.2, 0) is 0 Å². The van der Waals surface area contributed by atoms with Crippen LogP contribution >= 0.6 is 11.8 Å². The summed E-state index contributed by atoms with van der Waals surface area (Å²) in [5.74, 6) is 0.870. The molecule has 2 aromatic rings. The van der Waals surface area contributed by atoms with E-state index in [-0.39, 0.29) is 0 Å². The molecule has 0 aliphatic carbocycles. The van der Waals surface area contributed by atoms with Crippen LogP contribution in [0.1, 0.15) is 0 Å². The molecule has 0 unspecified atom stereocenters. The summed E-state index contributed by atoms with van der Waals surface area (Å²) < 4.78 is 0. The van der Waals surface area contributed by atoms with E-state index in [9.17, 15) is 0 Å². The van der Waals surface area contributed by atoms with Crippen molar-refractivity contribution in [2.45, 2.75) is 5.16 Å². The van der Waals surface area contributed by atoms with Crippen LogP contribution in [0.4, 0.5) is 0 Å². The van der Waals surface area contributed by atoms with Gasteiger partial charge in [0.2, 0.25) is 0 Å². The minimum absolute atomic E-state index is 0.843. The number of nitrogens with zero attached hydrogens (tertiary/aromatic N) is 3. The zero-order chi connectivity index (χ0) is 10.1. The maximum Gasteiger partial charge on any atom is 0.183 e. The van der Waals surface area contributed by atoms with Crippen LogP contribution in [0.5, 0.6) is 0 Å². The van der Waals surface area contributed by atoms with Gasteiger partial charge in [-0.25, -0.2) is 9.97 Å². The van der Waals surface area contributed by atoms with Crippen LogP contribution in [0.15, 0.2) is 42.9 Å². The molecular formula is C8H11N5S. The summed E-state index contributed by atoms with van der Waals surface area (Å²) in [6, 6.07) is 0. The monoisotopic (exact) mass is 209 g/mol. The van der Waals surface area contributed by atoms with Gasteiger partial charge < -0.3 is 4.98 Å². The molecular weight excluding hydrogens is 198 g/mol. The predicted octanol–water partition coefficient (Wildman–Crippen LogP) is 1.49. The molecule has 2 aromatic heterocycles. The average molecular weight is 209 g/mol. The molecule has 2 rings (SSSR count). The van der Waals surface area contributed by atoms with Gasteiger partial charge in [-0.05, 0) is 0 Å². The van der Waals surface area contributed by atoms with Crippen LogP contribution in [0.3, 0.4) is 0 Å². The van der Waals surface area contributed by atoms with Crippen LogP contribution in [0, 0.1) is 0 Å². The van der Waals surface area contributed by atoms with Crippen molar-refractivity contribution < 1.29 is 0 Å². The highest BCUT2D eigenvalue weighted by molar-refractivity contribution is 7.99. The Hall–Kier alpha value is -1.56. The van der Waals surface area contributed by atoms with E-state index in [1.807, 2.05) is 6.08 Å². The summed E-state index contributed by atoms with van der Waals surface area (Å²) in [4.78, 5) is 10.3. The van der Waals surface area contributed by atoms with Gasteiger partial charge in [0, 0.05) is 18.1 Å². The highest BCUT2D eigenvalue weighted by atomic mass is 32.2. The lowest BCUT2D eigenvalue weighted by Crippen LogP contribution is -1.74. The third kappa shape index (κ3) is 4.46. The molecule has 0 radical (unpaired) electrons. The number of thioether (sulfide) groups is 1. The molecule has 0 spiro atoms. The molecule has 6 heteroatoms. The highest BCUT2D eigenvalue weighted by Crippen LogP contribution is 2.08. The van der Waals surface area contributed by atoms with Gasteiger partial charge in [0.05, 0.1) is 6.33 Å². The van der Waals surface area contributed by atoms with Crippen molar-refractivity contribution in [1.29, 1.82) is 0 Å². The first-order valence-corrected chi connectivity index (χ1v) is 4.94. The van der Waals surface area contributed by atoms with Gasteiger partial charge in [-0.1, -0.05) is 17.8 Å². The average Bonchev–Trinajstić information content (AvgIpc) is 2.90. The first kappa shape index (κ1) is 10.5. The van der Waals surface area contributed by atoms with Gasteiger partial charge in [0.1, 0.15) is 6.33 Å². The summed E-state index contributed by atoms with van der Waals surface area (Å²) in [5, 5.41) is 7.25. The number of hydrogen-bond acceptors (Lipinski definition) is 4. The van der Waals surface area contributed by atoms with Gasteiger partial charge >= 0.3 is 0 Å². The van der Waals surface area contributed by atoms with E-state index in [4.69, 9.17) is 0 Å². The summed E-state index contributed by atoms with van der Waals surface area (Å²) in [5.41, 5.74) is 0. The van der Waals surface area contributed by atoms with Crippen LogP contribution < -0.4 is 0 Å². The van der Waals surface area contributed by atoms with E-state index in [1.165, 1.54) is 6.33 Å². The maximum atomic E-state index is 3.90. The Bertz CT molecular complexity index is 298. The number of nitrogens with one attached hydrogen (secondary N) is 2. The molecule has 5 nitrogen and oxygen atoms in total. The van der Waals surface area contributed by atoms with Crippen molar-refractivity contribution in [2.75, 3.05) is 5.75 Å². The van der Waals surface area contributed by atoms with Crippen molar-refractivity contribution in [1.82, 2.24) is 25.1 Å². The molecule has 0 saturated heterocycles. The van der Waals surface area contributed by atoms with Crippen LogP contribution in [-0.4, -0.2) is 30.9 Å². The Morgan fingerprint density at radius 2 is 2.50 bits per heavy atom. The fraction of sp³-hybridized carbons (Fsp3) is 0.125. The van der Waals surface area contributed by atoms with Gasteiger partial charge in [-0.15, -0.1) is 6.58 Å². The van der Waals surface area contributed by atoms with E-state index in [0.29, 0.717) is 0 Å². The predicted molar refractivity (Wildman–Crippen MR) is 55.9 cm³/mol. The largest absolute Gasteiger partial charge is 0.351 e. The number of H-pyrrole nitrogens is 2. The molecule has 0 fully saturated rings. The zero-order valence-corrected chi connectivity index (χ0v) is 8.37. The van der Waals surface area contributed by atoms with Gasteiger partial charge in [-0.3, -0.25) is 5.10 Å². The molecule has 0 aliphatic heterocycles. The normalized spacial score (nSPS) is 8.86. The summed E-state index contributed by atoms with van der Waals surface area (Å²) >= 11 is 1.58. The first-order chi connectivity index (χ1) is 6.93. The molecule has 14 heavy (non-hydrogen) atoms. The fourth-order valence-corrected chi connectivity index (χ4v) is 1.13. The van der Waals surface area contributed by atoms with Crippen molar-refractivity contribution in [2.24, 2.45) is 0 Å². The van der Waals surface area contributed by atoms with Crippen molar-refractivity contribution >= 4 is 11.8 Å². The number of imidazole rings is 1. The lowest BCUT2D eigenvalue weighted by atomic mass is 10.8. The van der Waals surface area contributed by atoms with E-state index in [0.717, 1.165) is 10.9 Å².